The molecule has 2 N–H and O–H groups in total. The molecule has 1 aliphatic rings. The number of rotatable bonds is 1. The minimum absolute atomic E-state index is 0.161. The van der Waals surface area contributed by atoms with E-state index in [-0.39, 0.29) is 5.91 Å². The molecule has 1 amide bonds. The zero-order valence-corrected chi connectivity index (χ0v) is 8.09. The van der Waals surface area contributed by atoms with E-state index < -0.39 is 11.5 Å². The lowest BCUT2D eigenvalue weighted by molar-refractivity contribution is -0.130. The molecule has 0 radical (unpaired) electrons. The van der Waals surface area contributed by atoms with Crippen LogP contribution in [0.25, 0.3) is 0 Å². The smallest absolute Gasteiger partial charge is 0.381 e. The van der Waals surface area contributed by atoms with Crippen molar-refractivity contribution in [2.75, 3.05) is 0 Å². The molecule has 0 spiro atoms. The van der Waals surface area contributed by atoms with Gasteiger partial charge in [0.2, 0.25) is 5.91 Å². The Balaban J connectivity index is 2.78. The fourth-order valence-corrected chi connectivity index (χ4v) is 1.77. The van der Waals surface area contributed by atoms with E-state index in [1.165, 1.54) is 6.92 Å². The minimum atomic E-state index is -1.15. The standard InChI is InChI=1S/C10H13NO3/c1-8(12)11-10(5-2-3-6-10)7-4-9(13)14/h2-3,5-6H2,1H3,(H,11,12)(H,13,14). The first-order valence-corrected chi connectivity index (χ1v) is 4.59. The van der Waals surface area contributed by atoms with E-state index in [0.29, 0.717) is 0 Å². The molecule has 1 rings (SSSR count). The summed E-state index contributed by atoms with van der Waals surface area (Å²) in [4.78, 5) is 21.2. The molecule has 0 aliphatic heterocycles. The second-order valence-electron chi connectivity index (χ2n) is 3.53. The van der Waals surface area contributed by atoms with Gasteiger partial charge in [-0.15, -0.1) is 0 Å². The maximum absolute atomic E-state index is 10.9. The average molecular weight is 195 g/mol. The largest absolute Gasteiger partial charge is 0.472 e. The van der Waals surface area contributed by atoms with Crippen LogP contribution in [-0.4, -0.2) is 22.5 Å². The molecule has 1 fully saturated rings. The fourth-order valence-electron chi connectivity index (χ4n) is 1.77. The number of carbonyl (C=O) groups excluding carboxylic acids is 1. The van der Waals surface area contributed by atoms with Crippen LogP contribution in [0.5, 0.6) is 0 Å². The number of carboxylic acids is 1. The molecule has 0 heterocycles. The van der Waals surface area contributed by atoms with Crippen molar-refractivity contribution in [2.45, 2.75) is 38.1 Å². The third-order valence-corrected chi connectivity index (χ3v) is 2.28. The van der Waals surface area contributed by atoms with E-state index in [2.05, 4.69) is 17.2 Å². The molecule has 4 heteroatoms. The van der Waals surface area contributed by atoms with Crippen LogP contribution in [0.1, 0.15) is 32.6 Å². The van der Waals surface area contributed by atoms with Gasteiger partial charge in [-0.05, 0) is 25.7 Å². The van der Waals surface area contributed by atoms with Crippen molar-refractivity contribution < 1.29 is 14.7 Å². The van der Waals surface area contributed by atoms with E-state index in [4.69, 9.17) is 5.11 Å². The lowest BCUT2D eigenvalue weighted by atomic mass is 9.98. The molecule has 14 heavy (non-hydrogen) atoms. The van der Waals surface area contributed by atoms with Crippen LogP contribution in [0.2, 0.25) is 0 Å². The van der Waals surface area contributed by atoms with Crippen molar-refractivity contribution in [3.05, 3.63) is 0 Å². The van der Waals surface area contributed by atoms with Crippen molar-refractivity contribution in [1.82, 2.24) is 5.32 Å². The summed E-state index contributed by atoms with van der Waals surface area (Å²) >= 11 is 0. The van der Waals surface area contributed by atoms with Gasteiger partial charge in [0.1, 0.15) is 5.54 Å². The van der Waals surface area contributed by atoms with Gasteiger partial charge >= 0.3 is 5.97 Å². The van der Waals surface area contributed by atoms with Crippen LogP contribution < -0.4 is 5.32 Å². The first-order chi connectivity index (χ1) is 6.54. The van der Waals surface area contributed by atoms with Crippen LogP contribution >= 0.6 is 0 Å². The molecular weight excluding hydrogens is 182 g/mol. The van der Waals surface area contributed by atoms with Crippen molar-refractivity contribution >= 4 is 11.9 Å². The lowest BCUT2D eigenvalue weighted by Crippen LogP contribution is -2.44. The summed E-state index contributed by atoms with van der Waals surface area (Å²) in [5.41, 5.74) is -0.593. The molecule has 0 bridgehead atoms. The Morgan fingerprint density at radius 2 is 1.93 bits per heavy atom. The summed E-state index contributed by atoms with van der Waals surface area (Å²) in [5, 5.41) is 11.2. The van der Waals surface area contributed by atoms with Gasteiger partial charge in [-0.2, -0.15) is 0 Å². The molecule has 1 saturated carbocycles. The quantitative estimate of drug-likeness (QED) is 0.599. The van der Waals surface area contributed by atoms with Gasteiger partial charge in [0.05, 0.1) is 0 Å². The van der Waals surface area contributed by atoms with Gasteiger partial charge in [0, 0.05) is 12.8 Å². The van der Waals surface area contributed by atoms with Crippen molar-refractivity contribution in [2.24, 2.45) is 0 Å². The molecule has 76 valence electrons. The third kappa shape index (κ3) is 2.77. The minimum Gasteiger partial charge on any atom is -0.472 e. The van der Waals surface area contributed by atoms with E-state index in [0.717, 1.165) is 25.7 Å². The lowest BCUT2D eigenvalue weighted by Gasteiger charge is -2.22. The Bertz CT molecular complexity index is 305. The first kappa shape index (κ1) is 10.6. The second-order valence-corrected chi connectivity index (χ2v) is 3.53. The first-order valence-electron chi connectivity index (χ1n) is 4.59. The van der Waals surface area contributed by atoms with Crippen LogP contribution in [0.4, 0.5) is 0 Å². The maximum Gasteiger partial charge on any atom is 0.381 e. The van der Waals surface area contributed by atoms with Crippen LogP contribution in [0, 0.1) is 11.8 Å². The molecule has 1 aliphatic carbocycles. The predicted octanol–water partition coefficient (Wildman–Crippen LogP) is 0.523. The van der Waals surface area contributed by atoms with Gasteiger partial charge in [0.15, 0.2) is 0 Å². The number of aliphatic carboxylic acids is 1. The summed E-state index contributed by atoms with van der Waals surface area (Å²) in [5.74, 6) is 3.42. The molecular formula is C10H13NO3. The van der Waals surface area contributed by atoms with E-state index in [1.54, 1.807) is 0 Å². The number of carbonyl (C=O) groups is 2. The Kier molecular flexibility index (Phi) is 3.13. The predicted molar refractivity (Wildman–Crippen MR) is 50.4 cm³/mol. The van der Waals surface area contributed by atoms with Gasteiger partial charge in [-0.25, -0.2) is 4.79 Å². The molecule has 0 aromatic heterocycles. The number of carboxylic acid groups (broad SMARTS) is 1. The average Bonchev–Trinajstić information content (AvgIpc) is 2.49. The van der Waals surface area contributed by atoms with E-state index in [1.807, 2.05) is 0 Å². The van der Waals surface area contributed by atoms with Crippen LogP contribution in [0.3, 0.4) is 0 Å². The Labute approximate surface area is 82.7 Å². The highest BCUT2D eigenvalue weighted by Gasteiger charge is 2.32. The zero-order valence-electron chi connectivity index (χ0n) is 8.09. The Morgan fingerprint density at radius 1 is 1.36 bits per heavy atom. The van der Waals surface area contributed by atoms with Crippen LogP contribution in [-0.2, 0) is 9.59 Å². The van der Waals surface area contributed by atoms with Gasteiger partial charge in [-0.3, -0.25) is 4.79 Å². The summed E-state index contributed by atoms with van der Waals surface area (Å²) in [7, 11) is 0. The SMILES string of the molecule is CC(=O)NC1(C#CC(=O)O)CCCC1. The number of hydrogen-bond acceptors (Lipinski definition) is 2. The summed E-state index contributed by atoms with van der Waals surface area (Å²) in [6.07, 6.45) is 3.45. The summed E-state index contributed by atoms with van der Waals surface area (Å²) in [6.45, 7) is 1.42. The van der Waals surface area contributed by atoms with Gasteiger partial charge in [0.25, 0.3) is 0 Å². The van der Waals surface area contributed by atoms with Crippen molar-refractivity contribution in [3.8, 4) is 11.8 Å². The Hall–Kier alpha value is -1.50. The highest BCUT2D eigenvalue weighted by molar-refractivity contribution is 5.87. The monoisotopic (exact) mass is 195 g/mol. The topological polar surface area (TPSA) is 66.4 Å². The molecule has 0 aromatic rings. The van der Waals surface area contributed by atoms with Crippen molar-refractivity contribution in [1.29, 1.82) is 0 Å². The fraction of sp³-hybridized carbons (Fsp3) is 0.600. The van der Waals surface area contributed by atoms with E-state index >= 15 is 0 Å². The summed E-state index contributed by atoms with van der Waals surface area (Å²) in [6, 6.07) is 0. The molecule has 0 unspecified atom stereocenters. The summed E-state index contributed by atoms with van der Waals surface area (Å²) < 4.78 is 0. The van der Waals surface area contributed by atoms with Crippen LogP contribution in [0.15, 0.2) is 0 Å². The third-order valence-electron chi connectivity index (χ3n) is 2.28. The Morgan fingerprint density at radius 3 is 2.36 bits per heavy atom. The van der Waals surface area contributed by atoms with Gasteiger partial charge < -0.3 is 10.4 Å². The zero-order chi connectivity index (χ0) is 10.6. The maximum atomic E-state index is 10.9. The number of amides is 1. The van der Waals surface area contributed by atoms with E-state index in [9.17, 15) is 9.59 Å². The highest BCUT2D eigenvalue weighted by Crippen LogP contribution is 2.28. The highest BCUT2D eigenvalue weighted by atomic mass is 16.4. The van der Waals surface area contributed by atoms with Gasteiger partial charge in [-0.1, -0.05) is 5.92 Å². The number of hydrogen-bond donors (Lipinski definition) is 2. The molecule has 0 aromatic carbocycles. The normalized spacial score (nSPS) is 18.1. The molecule has 4 nitrogen and oxygen atoms in total. The van der Waals surface area contributed by atoms with Crippen molar-refractivity contribution in [3.63, 3.8) is 0 Å². The molecule has 0 saturated heterocycles. The molecule has 0 atom stereocenters. The second kappa shape index (κ2) is 4.14. The number of nitrogens with one attached hydrogen (secondary N) is 1.